The first kappa shape index (κ1) is 22.3. The molecule has 3 aromatic carbocycles. The summed E-state index contributed by atoms with van der Waals surface area (Å²) in [7, 11) is 0. The van der Waals surface area contributed by atoms with Gasteiger partial charge in [0.05, 0.1) is 12.3 Å². The third-order valence-electron chi connectivity index (χ3n) is 5.72. The van der Waals surface area contributed by atoms with Crippen molar-refractivity contribution in [2.45, 2.75) is 11.5 Å². The van der Waals surface area contributed by atoms with Crippen LogP contribution in [0.15, 0.2) is 65.6 Å². The standard InChI is InChI=1S/C25H24F2N2O2S/c1-32-18-7-8-19(20-4-2-3-5-22(20)26)21(15-18)25(31)29-12-10-28(11-13-29)24-9-6-17(16-30)14-23(24)27/h2-9,14-15,30H,10-13,16H2,1H3. The highest BCUT2D eigenvalue weighted by Crippen LogP contribution is 2.31. The number of nitrogens with zero attached hydrogens (tertiary/aromatic N) is 2. The second-order valence-electron chi connectivity index (χ2n) is 7.61. The van der Waals surface area contributed by atoms with Gasteiger partial charge in [0.1, 0.15) is 11.6 Å². The number of aliphatic hydroxyl groups excluding tert-OH is 1. The van der Waals surface area contributed by atoms with Crippen LogP contribution >= 0.6 is 11.8 Å². The molecule has 0 aromatic heterocycles. The molecule has 0 saturated carbocycles. The summed E-state index contributed by atoms with van der Waals surface area (Å²) >= 11 is 1.53. The van der Waals surface area contributed by atoms with Gasteiger partial charge in [0.2, 0.25) is 0 Å². The predicted octanol–water partition coefficient (Wildman–Crippen LogP) is 4.81. The quantitative estimate of drug-likeness (QED) is 0.562. The molecule has 4 rings (SSSR count). The number of carbonyl (C=O) groups excluding carboxylic acids is 1. The van der Waals surface area contributed by atoms with Gasteiger partial charge in [-0.15, -0.1) is 11.8 Å². The van der Waals surface area contributed by atoms with Crippen molar-refractivity contribution in [3.05, 3.63) is 83.4 Å². The maximum absolute atomic E-state index is 14.5. The molecule has 166 valence electrons. The van der Waals surface area contributed by atoms with Gasteiger partial charge >= 0.3 is 0 Å². The van der Waals surface area contributed by atoms with Crippen LogP contribution in [0.4, 0.5) is 14.5 Å². The van der Waals surface area contributed by atoms with Crippen molar-refractivity contribution in [2.24, 2.45) is 0 Å². The van der Waals surface area contributed by atoms with Crippen LogP contribution in [0.25, 0.3) is 11.1 Å². The molecule has 1 amide bonds. The summed E-state index contributed by atoms with van der Waals surface area (Å²) in [6, 6.07) is 16.6. The van der Waals surface area contributed by atoms with Crippen molar-refractivity contribution >= 4 is 23.4 Å². The number of amides is 1. The molecule has 0 spiro atoms. The first-order valence-corrected chi connectivity index (χ1v) is 11.6. The van der Waals surface area contributed by atoms with E-state index in [1.165, 1.54) is 23.9 Å². The Balaban J connectivity index is 1.56. The van der Waals surface area contributed by atoms with E-state index in [9.17, 15) is 18.7 Å². The van der Waals surface area contributed by atoms with Gasteiger partial charge in [0, 0.05) is 42.2 Å². The lowest BCUT2D eigenvalue weighted by molar-refractivity contribution is 0.0747. The topological polar surface area (TPSA) is 43.8 Å². The average Bonchev–Trinajstić information content (AvgIpc) is 2.83. The van der Waals surface area contributed by atoms with Crippen LogP contribution in [0, 0.1) is 11.6 Å². The lowest BCUT2D eigenvalue weighted by Crippen LogP contribution is -2.49. The molecule has 3 aromatic rings. The summed E-state index contributed by atoms with van der Waals surface area (Å²) in [6.45, 7) is 1.62. The number of rotatable bonds is 5. The monoisotopic (exact) mass is 454 g/mol. The number of benzene rings is 3. The van der Waals surface area contributed by atoms with Crippen molar-refractivity contribution in [3.8, 4) is 11.1 Å². The second kappa shape index (κ2) is 9.71. The molecule has 1 N–H and O–H groups in total. The van der Waals surface area contributed by atoms with E-state index in [1.54, 1.807) is 41.3 Å². The highest BCUT2D eigenvalue weighted by molar-refractivity contribution is 7.98. The van der Waals surface area contributed by atoms with Crippen LogP contribution in [0.2, 0.25) is 0 Å². The lowest BCUT2D eigenvalue weighted by Gasteiger charge is -2.36. The molecule has 7 heteroatoms. The van der Waals surface area contributed by atoms with E-state index >= 15 is 0 Å². The molecule has 1 saturated heterocycles. The van der Waals surface area contributed by atoms with E-state index in [1.807, 2.05) is 23.3 Å². The molecule has 0 aliphatic carbocycles. The predicted molar refractivity (Wildman–Crippen MR) is 124 cm³/mol. The van der Waals surface area contributed by atoms with Crippen LogP contribution in [0.3, 0.4) is 0 Å². The lowest BCUT2D eigenvalue weighted by atomic mass is 9.98. The Morgan fingerprint density at radius 1 is 0.938 bits per heavy atom. The van der Waals surface area contributed by atoms with E-state index in [2.05, 4.69) is 0 Å². The molecule has 1 aliphatic rings. The van der Waals surface area contributed by atoms with Gasteiger partial charge in [-0.1, -0.05) is 30.3 Å². The Kier molecular flexibility index (Phi) is 6.77. The highest BCUT2D eigenvalue weighted by atomic mass is 32.2. The third kappa shape index (κ3) is 4.49. The molecule has 4 nitrogen and oxygen atoms in total. The first-order chi connectivity index (χ1) is 15.5. The van der Waals surface area contributed by atoms with Gasteiger partial charge in [0.25, 0.3) is 5.91 Å². The fourth-order valence-corrected chi connectivity index (χ4v) is 4.41. The zero-order valence-electron chi connectivity index (χ0n) is 17.7. The van der Waals surface area contributed by atoms with Gasteiger partial charge in [-0.25, -0.2) is 8.78 Å². The van der Waals surface area contributed by atoms with Crippen molar-refractivity contribution in [1.29, 1.82) is 0 Å². The molecule has 1 fully saturated rings. The number of hydrogen-bond donors (Lipinski definition) is 1. The van der Waals surface area contributed by atoms with E-state index in [4.69, 9.17) is 0 Å². The largest absolute Gasteiger partial charge is 0.392 e. The Labute approximate surface area is 190 Å². The number of piperazine rings is 1. The van der Waals surface area contributed by atoms with E-state index in [0.717, 1.165) is 4.90 Å². The van der Waals surface area contributed by atoms with Gasteiger partial charge in [-0.3, -0.25) is 4.79 Å². The Morgan fingerprint density at radius 2 is 1.69 bits per heavy atom. The Bertz CT molecular complexity index is 1130. The summed E-state index contributed by atoms with van der Waals surface area (Å²) in [6.07, 6.45) is 1.93. The van der Waals surface area contributed by atoms with E-state index < -0.39 is 0 Å². The number of carbonyl (C=O) groups is 1. The van der Waals surface area contributed by atoms with Gasteiger partial charge in [-0.05, 0) is 47.7 Å². The first-order valence-electron chi connectivity index (χ1n) is 10.4. The third-order valence-corrected chi connectivity index (χ3v) is 6.45. The minimum absolute atomic E-state index is 0.157. The number of hydrogen-bond acceptors (Lipinski definition) is 4. The molecule has 0 atom stereocenters. The van der Waals surface area contributed by atoms with Gasteiger partial charge in [0.15, 0.2) is 0 Å². The number of thioether (sulfide) groups is 1. The Morgan fingerprint density at radius 3 is 2.34 bits per heavy atom. The molecule has 1 aliphatic heterocycles. The zero-order chi connectivity index (χ0) is 22.7. The van der Waals surface area contributed by atoms with Crippen molar-refractivity contribution in [2.75, 3.05) is 37.3 Å². The second-order valence-corrected chi connectivity index (χ2v) is 8.49. The highest BCUT2D eigenvalue weighted by Gasteiger charge is 2.26. The molecule has 0 radical (unpaired) electrons. The Hall–Kier alpha value is -2.90. The summed E-state index contributed by atoms with van der Waals surface area (Å²) in [5, 5.41) is 9.18. The van der Waals surface area contributed by atoms with Gasteiger partial charge < -0.3 is 14.9 Å². The molecule has 0 bridgehead atoms. The fraction of sp³-hybridized carbons (Fsp3) is 0.240. The average molecular weight is 455 g/mol. The van der Waals surface area contributed by atoms with Crippen LogP contribution < -0.4 is 4.90 Å². The smallest absolute Gasteiger partial charge is 0.254 e. The summed E-state index contributed by atoms with van der Waals surface area (Å²) in [4.78, 5) is 18.0. The minimum Gasteiger partial charge on any atom is -0.392 e. The van der Waals surface area contributed by atoms with Gasteiger partial charge in [-0.2, -0.15) is 0 Å². The molecule has 0 unspecified atom stereocenters. The molecule has 32 heavy (non-hydrogen) atoms. The van der Waals surface area contributed by atoms with Crippen LogP contribution in [-0.4, -0.2) is 48.3 Å². The molecular formula is C25H24F2N2O2S. The zero-order valence-corrected chi connectivity index (χ0v) is 18.5. The maximum atomic E-state index is 14.5. The number of anilines is 1. The van der Waals surface area contributed by atoms with Crippen molar-refractivity contribution < 1.29 is 18.7 Å². The van der Waals surface area contributed by atoms with Crippen LogP contribution in [-0.2, 0) is 6.61 Å². The van der Waals surface area contributed by atoms with Crippen LogP contribution in [0.5, 0.6) is 0 Å². The molecular weight excluding hydrogens is 430 g/mol. The van der Waals surface area contributed by atoms with Crippen molar-refractivity contribution in [3.63, 3.8) is 0 Å². The summed E-state index contributed by atoms with van der Waals surface area (Å²) in [5.41, 5.74) is 2.42. The van der Waals surface area contributed by atoms with E-state index in [0.29, 0.717) is 54.1 Å². The normalized spacial score (nSPS) is 14.0. The number of aliphatic hydroxyl groups is 1. The maximum Gasteiger partial charge on any atom is 0.254 e. The molecule has 1 heterocycles. The minimum atomic E-state index is -0.383. The number of halogens is 2. The summed E-state index contributed by atoms with van der Waals surface area (Å²) < 4.78 is 28.9. The van der Waals surface area contributed by atoms with E-state index in [-0.39, 0.29) is 24.1 Å². The summed E-state index contributed by atoms with van der Waals surface area (Å²) in [5.74, 6) is -0.911. The SMILES string of the molecule is CSc1ccc(-c2ccccc2F)c(C(=O)N2CCN(c3ccc(CO)cc3F)CC2)c1. The van der Waals surface area contributed by atoms with Crippen molar-refractivity contribution in [1.82, 2.24) is 4.90 Å². The van der Waals surface area contributed by atoms with Crippen LogP contribution in [0.1, 0.15) is 15.9 Å². The fourth-order valence-electron chi connectivity index (χ4n) is 3.97.